The Balaban J connectivity index is 1.96. The topological polar surface area (TPSA) is 86.0 Å². The normalized spacial score (nSPS) is 11.1. The molecule has 27 heavy (non-hydrogen) atoms. The number of hydrogen-bond donors (Lipinski definition) is 1. The fraction of sp³-hybridized carbons (Fsp3) is 0.158. The van der Waals surface area contributed by atoms with Crippen LogP contribution in [-0.4, -0.2) is 36.7 Å². The zero-order chi connectivity index (χ0) is 19.0. The van der Waals surface area contributed by atoms with Gasteiger partial charge in [-0.2, -0.15) is 9.97 Å². The highest BCUT2D eigenvalue weighted by atomic mass is 19.1. The maximum Gasteiger partial charge on any atom is 0.318 e. The summed E-state index contributed by atoms with van der Waals surface area (Å²) in [5.41, 5.74) is 2.96. The van der Waals surface area contributed by atoms with Crippen molar-refractivity contribution < 1.29 is 14.2 Å². The Morgan fingerprint density at radius 1 is 1.19 bits per heavy atom. The number of pyridine rings is 1. The van der Waals surface area contributed by atoms with E-state index in [1.807, 2.05) is 13.0 Å². The third-order valence-corrected chi connectivity index (χ3v) is 4.22. The number of hydrogen-bond acceptors (Lipinski definition) is 6. The van der Waals surface area contributed by atoms with Crippen LogP contribution in [0.4, 0.5) is 4.39 Å². The van der Waals surface area contributed by atoms with Crippen LogP contribution in [0.3, 0.4) is 0 Å². The van der Waals surface area contributed by atoms with E-state index in [-0.39, 0.29) is 18.3 Å². The van der Waals surface area contributed by atoms with E-state index in [1.165, 1.54) is 19.2 Å². The molecule has 4 rings (SSSR count). The molecule has 1 N–H and O–H groups in total. The Kier molecular flexibility index (Phi) is 4.15. The molecule has 3 heterocycles. The van der Waals surface area contributed by atoms with Gasteiger partial charge in [-0.05, 0) is 25.1 Å². The number of phenolic OH excluding ortho intramolecular Hbond substituents is 1. The molecule has 7 nitrogen and oxygen atoms in total. The van der Waals surface area contributed by atoms with E-state index < -0.39 is 5.82 Å². The van der Waals surface area contributed by atoms with Crippen LogP contribution in [0.5, 0.6) is 11.8 Å². The van der Waals surface area contributed by atoms with Crippen molar-refractivity contribution >= 4 is 11.2 Å². The van der Waals surface area contributed by atoms with E-state index in [1.54, 1.807) is 23.0 Å². The number of imidazole rings is 1. The minimum Gasteiger partial charge on any atom is -0.508 e. The fourth-order valence-corrected chi connectivity index (χ4v) is 2.90. The van der Waals surface area contributed by atoms with Crippen molar-refractivity contribution in [3.63, 3.8) is 0 Å². The summed E-state index contributed by atoms with van der Waals surface area (Å²) >= 11 is 0. The third kappa shape index (κ3) is 3.05. The highest BCUT2D eigenvalue weighted by molar-refractivity contribution is 5.79. The predicted octanol–water partition coefficient (Wildman–Crippen LogP) is 3.10. The smallest absolute Gasteiger partial charge is 0.318 e. The van der Waals surface area contributed by atoms with Gasteiger partial charge in [-0.15, -0.1) is 0 Å². The lowest BCUT2D eigenvalue weighted by atomic mass is 10.2. The Hall–Kier alpha value is -3.55. The molecule has 0 aliphatic rings. The summed E-state index contributed by atoms with van der Waals surface area (Å²) in [7, 11) is 1.49. The molecule has 0 spiro atoms. The second kappa shape index (κ2) is 6.64. The highest BCUT2D eigenvalue weighted by Crippen LogP contribution is 2.28. The maximum absolute atomic E-state index is 14.3. The molecular formula is C19H16FN5O2. The standard InChI is InChI=1S/C19H16FN5O2/c1-11-16-18(24-19(22-11)27-2)25(10-13-5-6-14(26)8-15(13)20)17(23-16)12-4-3-7-21-9-12/h3-9,26H,10H2,1-2H3. The first kappa shape index (κ1) is 16.9. The molecule has 0 aliphatic carbocycles. The number of phenols is 1. The number of aromatic nitrogens is 5. The first-order valence-corrected chi connectivity index (χ1v) is 8.23. The summed E-state index contributed by atoms with van der Waals surface area (Å²) in [5.74, 6) is -0.0398. The lowest BCUT2D eigenvalue weighted by molar-refractivity contribution is 0.380. The Bertz CT molecular complexity index is 1130. The molecule has 0 radical (unpaired) electrons. The van der Waals surface area contributed by atoms with Gasteiger partial charge in [0.05, 0.1) is 19.3 Å². The van der Waals surface area contributed by atoms with Crippen LogP contribution in [0.2, 0.25) is 0 Å². The van der Waals surface area contributed by atoms with Crippen LogP contribution in [0.1, 0.15) is 11.3 Å². The lowest BCUT2D eigenvalue weighted by Gasteiger charge is -2.10. The van der Waals surface area contributed by atoms with Gasteiger partial charge in [0.15, 0.2) is 5.65 Å². The number of aryl methyl sites for hydroxylation is 1. The molecule has 3 aromatic heterocycles. The maximum atomic E-state index is 14.3. The highest BCUT2D eigenvalue weighted by Gasteiger charge is 2.19. The molecule has 0 bridgehead atoms. The second-order valence-electron chi connectivity index (χ2n) is 6.01. The average molecular weight is 365 g/mol. The molecule has 0 saturated carbocycles. The van der Waals surface area contributed by atoms with Crippen molar-refractivity contribution in [2.45, 2.75) is 13.5 Å². The molecule has 0 unspecified atom stereocenters. The molecule has 0 saturated heterocycles. The number of halogens is 1. The van der Waals surface area contributed by atoms with Crippen LogP contribution in [0, 0.1) is 12.7 Å². The van der Waals surface area contributed by atoms with Crippen molar-refractivity contribution in [3.05, 3.63) is 59.8 Å². The molecule has 0 amide bonds. The zero-order valence-electron chi connectivity index (χ0n) is 14.7. The van der Waals surface area contributed by atoms with E-state index in [9.17, 15) is 9.50 Å². The quantitative estimate of drug-likeness (QED) is 0.598. The number of ether oxygens (including phenoxy) is 1. The van der Waals surface area contributed by atoms with Crippen molar-refractivity contribution in [2.24, 2.45) is 0 Å². The SMILES string of the molecule is COc1nc(C)c2nc(-c3cccnc3)n(Cc3ccc(O)cc3F)c2n1. The van der Waals surface area contributed by atoms with Gasteiger partial charge in [-0.1, -0.05) is 6.07 Å². The van der Waals surface area contributed by atoms with E-state index in [2.05, 4.69) is 19.9 Å². The Morgan fingerprint density at radius 3 is 2.74 bits per heavy atom. The van der Waals surface area contributed by atoms with E-state index in [0.717, 1.165) is 11.6 Å². The summed E-state index contributed by atoms with van der Waals surface area (Å²) in [6.07, 6.45) is 3.36. The predicted molar refractivity (Wildman–Crippen MR) is 97.0 cm³/mol. The van der Waals surface area contributed by atoms with Crippen LogP contribution in [-0.2, 0) is 6.54 Å². The molecule has 1 aromatic carbocycles. The largest absolute Gasteiger partial charge is 0.508 e. The minimum atomic E-state index is -0.508. The number of fused-ring (bicyclic) bond motifs is 1. The monoisotopic (exact) mass is 365 g/mol. The molecule has 0 aliphatic heterocycles. The summed E-state index contributed by atoms with van der Waals surface area (Å²) in [5, 5.41) is 9.47. The van der Waals surface area contributed by atoms with Gasteiger partial charge in [0, 0.05) is 29.6 Å². The molecule has 136 valence electrons. The van der Waals surface area contributed by atoms with E-state index in [4.69, 9.17) is 4.74 Å². The Labute approximate surface area is 154 Å². The minimum absolute atomic E-state index is 0.126. The van der Waals surface area contributed by atoms with Crippen LogP contribution < -0.4 is 4.74 Å². The number of nitrogens with zero attached hydrogens (tertiary/aromatic N) is 5. The number of methoxy groups -OCH3 is 1. The van der Waals surface area contributed by atoms with Crippen molar-refractivity contribution in [1.82, 2.24) is 24.5 Å². The number of benzene rings is 1. The summed E-state index contributed by atoms with van der Waals surface area (Å²) in [6.45, 7) is 1.99. The first-order valence-electron chi connectivity index (χ1n) is 8.23. The third-order valence-electron chi connectivity index (χ3n) is 4.22. The molecular weight excluding hydrogens is 349 g/mol. The molecule has 0 fully saturated rings. The van der Waals surface area contributed by atoms with Crippen LogP contribution in [0.25, 0.3) is 22.6 Å². The van der Waals surface area contributed by atoms with Gasteiger partial charge in [0.1, 0.15) is 22.9 Å². The van der Waals surface area contributed by atoms with Gasteiger partial charge in [0.2, 0.25) is 0 Å². The summed E-state index contributed by atoms with van der Waals surface area (Å²) < 4.78 is 21.3. The van der Waals surface area contributed by atoms with Gasteiger partial charge in [-0.25, -0.2) is 9.37 Å². The first-order chi connectivity index (χ1) is 13.1. The average Bonchev–Trinajstić information content (AvgIpc) is 3.03. The molecule has 8 heteroatoms. The van der Waals surface area contributed by atoms with Gasteiger partial charge >= 0.3 is 6.01 Å². The number of aromatic hydroxyl groups is 1. The second-order valence-corrected chi connectivity index (χ2v) is 6.01. The summed E-state index contributed by atoms with van der Waals surface area (Å²) in [6, 6.07) is 7.96. The number of rotatable bonds is 4. The van der Waals surface area contributed by atoms with Gasteiger partial charge in [0.25, 0.3) is 0 Å². The lowest BCUT2D eigenvalue weighted by Crippen LogP contribution is -2.06. The van der Waals surface area contributed by atoms with Crippen molar-refractivity contribution in [3.8, 4) is 23.1 Å². The molecule has 4 aromatic rings. The van der Waals surface area contributed by atoms with Crippen LogP contribution in [0.15, 0.2) is 42.7 Å². The van der Waals surface area contributed by atoms with E-state index in [0.29, 0.717) is 28.2 Å². The fourth-order valence-electron chi connectivity index (χ4n) is 2.90. The Morgan fingerprint density at radius 2 is 2.04 bits per heavy atom. The van der Waals surface area contributed by atoms with Crippen molar-refractivity contribution in [1.29, 1.82) is 0 Å². The summed E-state index contributed by atoms with van der Waals surface area (Å²) in [4.78, 5) is 17.5. The van der Waals surface area contributed by atoms with Crippen molar-refractivity contribution in [2.75, 3.05) is 7.11 Å². The van der Waals surface area contributed by atoms with Gasteiger partial charge in [-0.3, -0.25) is 4.98 Å². The van der Waals surface area contributed by atoms with E-state index >= 15 is 0 Å². The zero-order valence-corrected chi connectivity index (χ0v) is 14.7. The van der Waals surface area contributed by atoms with Crippen LogP contribution >= 0.6 is 0 Å². The molecule has 0 atom stereocenters. The van der Waals surface area contributed by atoms with Gasteiger partial charge < -0.3 is 14.4 Å².